The highest BCUT2D eigenvalue weighted by atomic mass is 32.2. The van der Waals surface area contributed by atoms with Gasteiger partial charge in [-0.2, -0.15) is 4.31 Å². The van der Waals surface area contributed by atoms with Crippen LogP contribution in [0.15, 0.2) is 23.1 Å². The summed E-state index contributed by atoms with van der Waals surface area (Å²) in [4.78, 5) is 0.307. The zero-order chi connectivity index (χ0) is 14.8. The lowest BCUT2D eigenvalue weighted by Gasteiger charge is -2.28. The Labute approximate surface area is 116 Å². The number of hydrogen-bond acceptors (Lipinski definition) is 3. The largest absolute Gasteiger partial charge is 0.399 e. The Balaban J connectivity index is 3.30. The first-order valence-electron chi connectivity index (χ1n) is 6.54. The molecule has 5 heteroatoms. The normalized spacial score (nSPS) is 12.6. The molecule has 0 saturated heterocycles. The third-order valence-corrected chi connectivity index (χ3v) is 5.10. The second kappa shape index (κ2) is 5.92. The molecule has 1 rings (SSSR count). The Bertz CT molecular complexity index is 536. The highest BCUT2D eigenvalue weighted by Crippen LogP contribution is 2.24. The summed E-state index contributed by atoms with van der Waals surface area (Å²) in [7, 11) is -3.50. The fourth-order valence-electron chi connectivity index (χ4n) is 1.97. The quantitative estimate of drug-likeness (QED) is 0.845. The van der Waals surface area contributed by atoms with Crippen molar-refractivity contribution >= 4 is 15.7 Å². The van der Waals surface area contributed by atoms with E-state index in [1.54, 1.807) is 29.4 Å². The van der Waals surface area contributed by atoms with Crippen LogP contribution in [0.3, 0.4) is 0 Å². The fourth-order valence-corrected chi connectivity index (χ4v) is 4.03. The van der Waals surface area contributed by atoms with Gasteiger partial charge in [0.15, 0.2) is 0 Å². The smallest absolute Gasteiger partial charge is 0.243 e. The van der Waals surface area contributed by atoms with E-state index in [9.17, 15) is 8.42 Å². The van der Waals surface area contributed by atoms with Crippen molar-refractivity contribution in [2.24, 2.45) is 5.92 Å². The molecule has 0 radical (unpaired) electrons. The van der Waals surface area contributed by atoms with E-state index >= 15 is 0 Å². The van der Waals surface area contributed by atoms with Crippen molar-refractivity contribution in [2.75, 3.05) is 12.3 Å². The summed E-state index contributed by atoms with van der Waals surface area (Å²) in [5.74, 6) is 0.276. The fraction of sp³-hybridized carbons (Fsp3) is 0.571. The van der Waals surface area contributed by atoms with Crippen molar-refractivity contribution in [3.8, 4) is 0 Å². The van der Waals surface area contributed by atoms with Crippen molar-refractivity contribution in [3.05, 3.63) is 23.8 Å². The van der Waals surface area contributed by atoms with E-state index < -0.39 is 10.0 Å². The standard InChI is InChI=1S/C14H24N2O2S/c1-10(2)9-16(11(3)4)19(17,18)14-8-13(15)7-6-12(14)5/h6-8,10-11H,9,15H2,1-5H3. The van der Waals surface area contributed by atoms with Gasteiger partial charge in [-0.3, -0.25) is 0 Å². The number of sulfonamides is 1. The highest BCUT2D eigenvalue weighted by molar-refractivity contribution is 7.89. The van der Waals surface area contributed by atoms with Crippen molar-refractivity contribution in [2.45, 2.75) is 45.6 Å². The summed E-state index contributed by atoms with van der Waals surface area (Å²) < 4.78 is 27.0. The molecule has 1 aromatic rings. The molecule has 0 spiro atoms. The third kappa shape index (κ3) is 3.70. The van der Waals surface area contributed by atoms with Gasteiger partial charge in [-0.05, 0) is 44.4 Å². The van der Waals surface area contributed by atoms with E-state index in [2.05, 4.69) is 0 Å². The van der Waals surface area contributed by atoms with E-state index in [1.807, 2.05) is 27.7 Å². The van der Waals surface area contributed by atoms with Crippen LogP contribution in [0.2, 0.25) is 0 Å². The van der Waals surface area contributed by atoms with Gasteiger partial charge in [0.1, 0.15) is 0 Å². The van der Waals surface area contributed by atoms with Crippen molar-refractivity contribution in [3.63, 3.8) is 0 Å². The number of anilines is 1. The van der Waals surface area contributed by atoms with Gasteiger partial charge < -0.3 is 5.73 Å². The molecule has 0 aliphatic heterocycles. The molecule has 1 aromatic carbocycles. The van der Waals surface area contributed by atoms with Gasteiger partial charge in [-0.25, -0.2) is 8.42 Å². The zero-order valence-electron chi connectivity index (χ0n) is 12.3. The first kappa shape index (κ1) is 16.0. The first-order valence-corrected chi connectivity index (χ1v) is 7.98. The van der Waals surface area contributed by atoms with E-state index in [0.29, 0.717) is 17.1 Å². The predicted molar refractivity (Wildman–Crippen MR) is 79.5 cm³/mol. The summed E-state index contributed by atoms with van der Waals surface area (Å²) in [6.07, 6.45) is 0. The summed E-state index contributed by atoms with van der Waals surface area (Å²) in [5, 5.41) is 0. The Morgan fingerprint density at radius 2 is 1.79 bits per heavy atom. The van der Waals surface area contributed by atoms with Crippen LogP contribution in [-0.2, 0) is 10.0 Å². The molecule has 0 amide bonds. The maximum absolute atomic E-state index is 12.8. The molecule has 0 heterocycles. The summed E-state index contributed by atoms with van der Waals surface area (Å²) in [6.45, 7) is 10.1. The molecule has 0 fully saturated rings. The molecule has 0 aliphatic carbocycles. The lowest BCUT2D eigenvalue weighted by Crippen LogP contribution is -2.39. The van der Waals surface area contributed by atoms with E-state index in [-0.39, 0.29) is 12.0 Å². The van der Waals surface area contributed by atoms with Crippen LogP contribution in [0.5, 0.6) is 0 Å². The summed E-state index contributed by atoms with van der Waals surface area (Å²) in [5.41, 5.74) is 6.91. The second-order valence-corrected chi connectivity index (χ2v) is 7.45. The van der Waals surface area contributed by atoms with E-state index in [1.165, 1.54) is 0 Å². The predicted octanol–water partition coefficient (Wildman–Crippen LogP) is 2.63. The van der Waals surface area contributed by atoms with Crippen LogP contribution < -0.4 is 5.73 Å². The minimum Gasteiger partial charge on any atom is -0.399 e. The lowest BCUT2D eigenvalue weighted by atomic mass is 10.2. The van der Waals surface area contributed by atoms with Crippen LogP contribution in [0.25, 0.3) is 0 Å². The molecule has 0 saturated carbocycles. The van der Waals surface area contributed by atoms with Crippen LogP contribution in [-0.4, -0.2) is 25.3 Å². The van der Waals surface area contributed by atoms with Crippen molar-refractivity contribution < 1.29 is 8.42 Å². The van der Waals surface area contributed by atoms with Crippen LogP contribution >= 0.6 is 0 Å². The molecule has 4 nitrogen and oxygen atoms in total. The number of hydrogen-bond donors (Lipinski definition) is 1. The van der Waals surface area contributed by atoms with Gasteiger partial charge >= 0.3 is 0 Å². The zero-order valence-corrected chi connectivity index (χ0v) is 13.2. The maximum atomic E-state index is 12.8. The molecule has 2 N–H and O–H groups in total. The van der Waals surface area contributed by atoms with Gasteiger partial charge in [0.05, 0.1) is 4.90 Å². The Hall–Kier alpha value is -1.07. The summed E-state index contributed by atoms with van der Waals surface area (Å²) in [6, 6.07) is 4.93. The number of aryl methyl sites for hydroxylation is 1. The van der Waals surface area contributed by atoms with Crippen molar-refractivity contribution in [1.82, 2.24) is 4.31 Å². The van der Waals surface area contributed by atoms with Crippen LogP contribution in [0.1, 0.15) is 33.3 Å². The second-order valence-electron chi connectivity index (χ2n) is 5.59. The van der Waals surface area contributed by atoms with E-state index in [0.717, 1.165) is 5.56 Å². The molecule has 0 aliphatic rings. The van der Waals surface area contributed by atoms with Gasteiger partial charge in [-0.1, -0.05) is 19.9 Å². The molecular weight excluding hydrogens is 260 g/mol. The molecular formula is C14H24N2O2S. The number of nitrogens with zero attached hydrogens (tertiary/aromatic N) is 1. The van der Waals surface area contributed by atoms with Gasteiger partial charge in [0.2, 0.25) is 10.0 Å². The average molecular weight is 284 g/mol. The van der Waals surface area contributed by atoms with Crippen LogP contribution in [0, 0.1) is 12.8 Å². The Kier molecular flexibility index (Phi) is 4.98. The van der Waals surface area contributed by atoms with Gasteiger partial charge in [0.25, 0.3) is 0 Å². The topological polar surface area (TPSA) is 63.4 Å². The van der Waals surface area contributed by atoms with Crippen LogP contribution in [0.4, 0.5) is 5.69 Å². The molecule has 108 valence electrons. The van der Waals surface area contributed by atoms with Gasteiger partial charge in [0, 0.05) is 18.3 Å². The monoisotopic (exact) mass is 284 g/mol. The molecule has 19 heavy (non-hydrogen) atoms. The number of rotatable bonds is 5. The number of benzene rings is 1. The van der Waals surface area contributed by atoms with E-state index in [4.69, 9.17) is 5.73 Å². The highest BCUT2D eigenvalue weighted by Gasteiger charge is 2.28. The molecule has 0 aromatic heterocycles. The lowest BCUT2D eigenvalue weighted by molar-refractivity contribution is 0.319. The minimum absolute atomic E-state index is 0.0757. The maximum Gasteiger partial charge on any atom is 0.243 e. The van der Waals surface area contributed by atoms with Crippen molar-refractivity contribution in [1.29, 1.82) is 0 Å². The van der Waals surface area contributed by atoms with Gasteiger partial charge in [-0.15, -0.1) is 0 Å². The SMILES string of the molecule is Cc1ccc(N)cc1S(=O)(=O)N(CC(C)C)C(C)C. The molecule has 0 bridgehead atoms. The Morgan fingerprint density at radius 1 is 1.21 bits per heavy atom. The summed E-state index contributed by atoms with van der Waals surface area (Å²) >= 11 is 0. The Morgan fingerprint density at radius 3 is 2.26 bits per heavy atom. The number of nitrogens with two attached hydrogens (primary N) is 1. The minimum atomic E-state index is -3.50. The average Bonchev–Trinajstić information content (AvgIpc) is 2.28. The molecule has 0 atom stereocenters. The first-order chi connectivity index (χ1) is 8.66. The molecule has 0 unspecified atom stereocenters. The third-order valence-electron chi connectivity index (χ3n) is 2.92. The number of nitrogen functional groups attached to an aromatic ring is 1.